The molecule has 0 heterocycles. The van der Waals surface area contributed by atoms with Gasteiger partial charge in [-0.15, -0.1) is 0 Å². The highest BCUT2D eigenvalue weighted by molar-refractivity contribution is 9.10. The molecular formula is C30H34BrClN2O3. The topological polar surface area (TPSA) is 58.6 Å². The highest BCUT2D eigenvalue weighted by Gasteiger charge is 2.32. The molecule has 196 valence electrons. The Morgan fingerprint density at radius 3 is 2.30 bits per heavy atom. The number of hydrogen-bond acceptors (Lipinski definition) is 3. The number of carbonyl (C=O) groups excluding carboxylic acids is 2. The van der Waals surface area contributed by atoms with Crippen LogP contribution in [0.5, 0.6) is 5.75 Å². The summed E-state index contributed by atoms with van der Waals surface area (Å²) in [6, 6.07) is 24.1. The van der Waals surface area contributed by atoms with E-state index in [2.05, 4.69) is 21.2 Å². The molecule has 0 saturated heterocycles. The third-order valence-corrected chi connectivity index (χ3v) is 6.37. The predicted molar refractivity (Wildman–Crippen MR) is 153 cm³/mol. The minimum atomic E-state index is -0.662. The lowest BCUT2D eigenvalue weighted by atomic mass is 10.00. The van der Waals surface area contributed by atoms with E-state index in [4.69, 9.17) is 16.3 Å². The summed E-state index contributed by atoms with van der Waals surface area (Å²) in [5, 5.41) is 3.73. The zero-order valence-corrected chi connectivity index (χ0v) is 23.9. The lowest BCUT2D eigenvalue weighted by Crippen LogP contribution is -2.54. The number of hydrogen-bond donors (Lipinski definition) is 1. The van der Waals surface area contributed by atoms with Gasteiger partial charge in [0.25, 0.3) is 0 Å². The van der Waals surface area contributed by atoms with Crippen LogP contribution in [0.1, 0.15) is 44.7 Å². The van der Waals surface area contributed by atoms with Crippen LogP contribution >= 0.6 is 27.5 Å². The molecule has 0 spiro atoms. The van der Waals surface area contributed by atoms with Gasteiger partial charge in [-0.1, -0.05) is 70.0 Å². The Labute approximate surface area is 233 Å². The number of halogens is 2. The first-order valence-electron chi connectivity index (χ1n) is 12.4. The van der Waals surface area contributed by atoms with Gasteiger partial charge in [-0.25, -0.2) is 0 Å². The molecule has 3 aromatic rings. The van der Waals surface area contributed by atoms with Crippen molar-refractivity contribution >= 4 is 39.3 Å². The molecule has 2 amide bonds. The van der Waals surface area contributed by atoms with E-state index in [9.17, 15) is 9.59 Å². The summed E-state index contributed by atoms with van der Waals surface area (Å²) in [5.74, 6) is 0.441. The predicted octanol–water partition coefficient (Wildman–Crippen LogP) is 6.82. The molecule has 5 nitrogen and oxygen atoms in total. The summed E-state index contributed by atoms with van der Waals surface area (Å²) in [6.45, 7) is 6.54. The average Bonchev–Trinajstić information content (AvgIpc) is 2.84. The molecule has 37 heavy (non-hydrogen) atoms. The van der Waals surface area contributed by atoms with Crippen LogP contribution in [0.2, 0.25) is 5.02 Å². The minimum Gasteiger partial charge on any atom is -0.494 e. The molecule has 1 N–H and O–H groups in total. The van der Waals surface area contributed by atoms with Crippen LogP contribution in [-0.4, -0.2) is 34.9 Å². The summed E-state index contributed by atoms with van der Waals surface area (Å²) in [7, 11) is 0. The molecule has 0 unspecified atom stereocenters. The number of rotatable bonds is 11. The van der Waals surface area contributed by atoms with Gasteiger partial charge >= 0.3 is 0 Å². The van der Waals surface area contributed by atoms with Crippen LogP contribution in [0.3, 0.4) is 0 Å². The Kier molecular flexibility index (Phi) is 10.6. The van der Waals surface area contributed by atoms with Crippen molar-refractivity contribution in [3.8, 4) is 5.75 Å². The Morgan fingerprint density at radius 2 is 1.65 bits per heavy atom. The number of carbonyl (C=O) groups is 2. The highest BCUT2D eigenvalue weighted by Crippen LogP contribution is 2.20. The van der Waals surface area contributed by atoms with E-state index in [1.807, 2.05) is 75.4 Å². The van der Waals surface area contributed by atoms with Crippen molar-refractivity contribution < 1.29 is 14.3 Å². The maximum atomic E-state index is 13.7. The van der Waals surface area contributed by atoms with Gasteiger partial charge in [0.15, 0.2) is 0 Å². The van der Waals surface area contributed by atoms with E-state index < -0.39 is 11.6 Å². The van der Waals surface area contributed by atoms with Crippen molar-refractivity contribution in [3.63, 3.8) is 0 Å². The smallest absolute Gasteiger partial charge is 0.243 e. The molecule has 0 aliphatic carbocycles. The van der Waals surface area contributed by atoms with Crippen LogP contribution in [0.4, 0.5) is 0 Å². The van der Waals surface area contributed by atoms with Gasteiger partial charge in [0.1, 0.15) is 11.8 Å². The molecule has 0 aromatic heterocycles. The Bertz CT molecular complexity index is 1160. The van der Waals surface area contributed by atoms with Gasteiger partial charge < -0.3 is 15.0 Å². The van der Waals surface area contributed by atoms with Crippen molar-refractivity contribution in [1.29, 1.82) is 0 Å². The van der Waals surface area contributed by atoms with E-state index in [0.717, 1.165) is 15.6 Å². The zero-order chi connectivity index (χ0) is 26.8. The first-order valence-corrected chi connectivity index (χ1v) is 13.6. The van der Waals surface area contributed by atoms with Crippen molar-refractivity contribution in [2.45, 2.75) is 58.2 Å². The molecule has 1 atom stereocenters. The summed E-state index contributed by atoms with van der Waals surface area (Å²) < 4.78 is 6.70. The summed E-state index contributed by atoms with van der Waals surface area (Å²) in [6.07, 6.45) is 1.20. The number of nitrogens with zero attached hydrogens (tertiary/aromatic N) is 1. The van der Waals surface area contributed by atoms with Crippen LogP contribution in [0, 0.1) is 0 Å². The van der Waals surface area contributed by atoms with Gasteiger partial charge in [0.2, 0.25) is 11.8 Å². The minimum absolute atomic E-state index is 0.0929. The molecule has 0 saturated carbocycles. The fourth-order valence-corrected chi connectivity index (χ4v) is 4.50. The number of benzene rings is 3. The summed E-state index contributed by atoms with van der Waals surface area (Å²) >= 11 is 9.46. The van der Waals surface area contributed by atoms with Crippen molar-refractivity contribution in [1.82, 2.24) is 10.2 Å². The van der Waals surface area contributed by atoms with Gasteiger partial charge in [-0.2, -0.15) is 0 Å². The van der Waals surface area contributed by atoms with E-state index in [1.54, 1.807) is 29.2 Å². The van der Waals surface area contributed by atoms with E-state index >= 15 is 0 Å². The second-order valence-corrected chi connectivity index (χ2v) is 11.4. The molecule has 3 aromatic carbocycles. The lowest BCUT2D eigenvalue weighted by Gasteiger charge is -2.34. The average molecular weight is 586 g/mol. The lowest BCUT2D eigenvalue weighted by molar-refractivity contribution is -0.142. The Balaban J connectivity index is 1.81. The molecule has 7 heteroatoms. The molecule has 0 bridgehead atoms. The third-order valence-electron chi connectivity index (χ3n) is 5.63. The molecule has 3 rings (SSSR count). The quantitative estimate of drug-likeness (QED) is 0.251. The van der Waals surface area contributed by atoms with Gasteiger partial charge in [-0.05, 0) is 74.7 Å². The fourth-order valence-electron chi connectivity index (χ4n) is 3.93. The highest BCUT2D eigenvalue weighted by atomic mass is 79.9. The van der Waals surface area contributed by atoms with Crippen molar-refractivity contribution in [2.75, 3.05) is 6.61 Å². The van der Waals surface area contributed by atoms with Gasteiger partial charge in [0, 0.05) is 34.4 Å². The fraction of sp³-hybridized carbons (Fsp3) is 0.333. The number of nitrogens with one attached hydrogen (secondary N) is 1. The zero-order valence-electron chi connectivity index (χ0n) is 21.5. The Hall–Kier alpha value is -2.83. The first kappa shape index (κ1) is 28.7. The standard InChI is InChI=1S/C30H34BrClN2O3/c1-30(2,3)33-29(36)27(20-22-9-5-4-6-10-22)34(21-23-11-7-12-24(31)19-23)28(35)13-8-18-37-26-16-14-25(32)15-17-26/h4-7,9-12,14-17,19,27H,8,13,18,20-21H2,1-3H3,(H,33,36)/t27-/m0/s1. The Morgan fingerprint density at radius 1 is 0.973 bits per heavy atom. The number of ether oxygens (including phenoxy) is 1. The van der Waals surface area contributed by atoms with Crippen molar-refractivity contribution in [3.05, 3.63) is 99.5 Å². The van der Waals surface area contributed by atoms with Crippen LogP contribution in [0.25, 0.3) is 0 Å². The second-order valence-electron chi connectivity index (χ2n) is 10.0. The summed E-state index contributed by atoms with van der Waals surface area (Å²) in [4.78, 5) is 28.9. The van der Waals surface area contributed by atoms with Gasteiger partial charge in [-0.3, -0.25) is 9.59 Å². The first-order chi connectivity index (χ1) is 17.6. The molecule has 0 fully saturated rings. The molecule has 0 aliphatic heterocycles. The van der Waals surface area contributed by atoms with E-state index in [1.165, 1.54) is 0 Å². The second kappa shape index (κ2) is 13.6. The monoisotopic (exact) mass is 584 g/mol. The molecular weight excluding hydrogens is 552 g/mol. The SMILES string of the molecule is CC(C)(C)NC(=O)[C@H](Cc1ccccc1)N(Cc1cccc(Br)c1)C(=O)CCCOc1ccc(Cl)cc1. The van der Waals surface area contributed by atoms with Crippen molar-refractivity contribution in [2.24, 2.45) is 0 Å². The van der Waals surface area contributed by atoms with Gasteiger partial charge in [0.05, 0.1) is 6.61 Å². The summed E-state index contributed by atoms with van der Waals surface area (Å²) in [5.41, 5.74) is 1.51. The molecule has 0 radical (unpaired) electrons. The maximum absolute atomic E-state index is 13.7. The van der Waals surface area contributed by atoms with Crippen LogP contribution in [0.15, 0.2) is 83.3 Å². The normalized spacial score (nSPS) is 12.0. The molecule has 0 aliphatic rings. The van der Waals surface area contributed by atoms with Crippen LogP contribution < -0.4 is 10.1 Å². The van der Waals surface area contributed by atoms with Crippen LogP contribution in [-0.2, 0) is 22.6 Å². The maximum Gasteiger partial charge on any atom is 0.243 e. The largest absolute Gasteiger partial charge is 0.494 e. The van der Waals surface area contributed by atoms with E-state index in [0.29, 0.717) is 36.8 Å². The number of amides is 2. The third kappa shape index (κ3) is 9.86. The van der Waals surface area contributed by atoms with E-state index in [-0.39, 0.29) is 18.2 Å².